The first-order valence-corrected chi connectivity index (χ1v) is 5.13. The third-order valence-corrected chi connectivity index (χ3v) is 2.41. The molecular formula is C11H13N5O. The van der Waals surface area contributed by atoms with Crippen LogP contribution in [0.5, 0.6) is 0 Å². The lowest BCUT2D eigenvalue weighted by atomic mass is 10.2. The molecule has 2 heterocycles. The summed E-state index contributed by atoms with van der Waals surface area (Å²) < 4.78 is 1.89. The van der Waals surface area contributed by atoms with Crippen LogP contribution >= 0.6 is 0 Å². The van der Waals surface area contributed by atoms with Gasteiger partial charge in [-0.2, -0.15) is 0 Å². The second-order valence-electron chi connectivity index (χ2n) is 3.57. The fourth-order valence-electron chi connectivity index (χ4n) is 1.47. The highest BCUT2D eigenvalue weighted by Crippen LogP contribution is 2.11. The molecule has 0 aliphatic rings. The maximum atomic E-state index is 11.2. The Morgan fingerprint density at radius 2 is 2.29 bits per heavy atom. The molecule has 2 rings (SSSR count). The van der Waals surface area contributed by atoms with E-state index in [0.29, 0.717) is 17.9 Å². The quantitative estimate of drug-likeness (QED) is 0.803. The Kier molecular flexibility index (Phi) is 3.04. The Bertz CT molecular complexity index is 534. The summed E-state index contributed by atoms with van der Waals surface area (Å²) >= 11 is 0. The van der Waals surface area contributed by atoms with Gasteiger partial charge in [0.1, 0.15) is 11.6 Å². The summed E-state index contributed by atoms with van der Waals surface area (Å²) in [7, 11) is 1.90. The third-order valence-electron chi connectivity index (χ3n) is 2.41. The second kappa shape index (κ2) is 4.65. The Hall–Kier alpha value is -2.37. The molecule has 88 valence electrons. The number of carbonyl (C=O) groups excluding carboxylic acids is 1. The first kappa shape index (κ1) is 11.1. The van der Waals surface area contributed by atoms with Gasteiger partial charge in [-0.25, -0.2) is 9.97 Å². The number of nitrogens with zero attached hydrogens (tertiary/aromatic N) is 3. The second-order valence-corrected chi connectivity index (χ2v) is 3.57. The fourth-order valence-corrected chi connectivity index (χ4v) is 1.47. The van der Waals surface area contributed by atoms with Crippen molar-refractivity contribution in [3.63, 3.8) is 0 Å². The van der Waals surface area contributed by atoms with Crippen molar-refractivity contribution in [1.82, 2.24) is 14.5 Å². The van der Waals surface area contributed by atoms with Crippen molar-refractivity contribution < 1.29 is 4.79 Å². The molecule has 0 unspecified atom stereocenters. The minimum absolute atomic E-state index is 0.377. The first-order chi connectivity index (χ1) is 8.18. The molecule has 3 N–H and O–H groups in total. The Balaban J connectivity index is 2.14. The highest BCUT2D eigenvalue weighted by atomic mass is 16.1. The number of aryl methyl sites for hydroxylation is 1. The normalized spacial score (nSPS) is 10.2. The van der Waals surface area contributed by atoms with E-state index in [1.807, 2.05) is 17.8 Å². The molecule has 17 heavy (non-hydrogen) atoms. The number of imidazole rings is 1. The van der Waals surface area contributed by atoms with E-state index in [1.165, 1.54) is 0 Å². The van der Waals surface area contributed by atoms with Crippen LogP contribution in [0.1, 0.15) is 16.2 Å². The van der Waals surface area contributed by atoms with E-state index >= 15 is 0 Å². The van der Waals surface area contributed by atoms with Gasteiger partial charge in [0, 0.05) is 25.6 Å². The van der Waals surface area contributed by atoms with Crippen molar-refractivity contribution >= 4 is 11.7 Å². The van der Waals surface area contributed by atoms with Crippen molar-refractivity contribution in [2.45, 2.75) is 6.54 Å². The molecule has 6 heteroatoms. The number of amides is 1. The number of nitrogens with one attached hydrogen (secondary N) is 1. The van der Waals surface area contributed by atoms with Gasteiger partial charge < -0.3 is 15.6 Å². The zero-order valence-corrected chi connectivity index (χ0v) is 9.42. The third kappa shape index (κ3) is 2.41. The van der Waals surface area contributed by atoms with Crippen molar-refractivity contribution in [1.29, 1.82) is 0 Å². The number of nitrogens with two attached hydrogens (primary N) is 1. The minimum atomic E-state index is -0.500. The smallest absolute Gasteiger partial charge is 0.252 e. The van der Waals surface area contributed by atoms with E-state index < -0.39 is 5.91 Å². The topological polar surface area (TPSA) is 85.8 Å². The SMILES string of the molecule is Cn1ccnc1CNc1ncccc1C(N)=O. The van der Waals surface area contributed by atoms with Crippen molar-refractivity contribution in [3.8, 4) is 0 Å². The lowest BCUT2D eigenvalue weighted by molar-refractivity contribution is 0.100. The summed E-state index contributed by atoms with van der Waals surface area (Å²) in [6.45, 7) is 0.487. The zero-order valence-electron chi connectivity index (χ0n) is 9.42. The summed E-state index contributed by atoms with van der Waals surface area (Å²) in [6.07, 6.45) is 5.17. The summed E-state index contributed by atoms with van der Waals surface area (Å²) in [5, 5.41) is 3.04. The van der Waals surface area contributed by atoms with Crippen LogP contribution in [0.2, 0.25) is 0 Å². The monoisotopic (exact) mass is 231 g/mol. The molecule has 0 aromatic carbocycles. The molecule has 2 aromatic rings. The van der Waals surface area contributed by atoms with Gasteiger partial charge in [0.05, 0.1) is 12.1 Å². The van der Waals surface area contributed by atoms with E-state index in [1.54, 1.807) is 24.5 Å². The average Bonchev–Trinajstić information content (AvgIpc) is 2.72. The van der Waals surface area contributed by atoms with E-state index in [-0.39, 0.29) is 0 Å². The summed E-state index contributed by atoms with van der Waals surface area (Å²) in [5.41, 5.74) is 5.63. The lowest BCUT2D eigenvalue weighted by Gasteiger charge is -2.08. The Labute approximate surface area is 98.5 Å². The van der Waals surface area contributed by atoms with Gasteiger partial charge >= 0.3 is 0 Å². The van der Waals surface area contributed by atoms with Crippen LogP contribution in [0.25, 0.3) is 0 Å². The molecule has 0 saturated heterocycles. The minimum Gasteiger partial charge on any atom is -0.365 e. The van der Waals surface area contributed by atoms with Crippen LogP contribution in [0.15, 0.2) is 30.7 Å². The summed E-state index contributed by atoms with van der Waals surface area (Å²) in [4.78, 5) is 19.4. The van der Waals surface area contributed by atoms with Crippen LogP contribution < -0.4 is 11.1 Å². The van der Waals surface area contributed by atoms with Crippen LogP contribution in [-0.2, 0) is 13.6 Å². The average molecular weight is 231 g/mol. The standard InChI is InChI=1S/C11H13N5O/c1-16-6-5-13-9(16)7-15-11-8(10(12)17)3-2-4-14-11/h2-6H,7H2,1H3,(H2,12,17)(H,14,15). The molecule has 1 amide bonds. The van der Waals surface area contributed by atoms with Crippen LogP contribution in [-0.4, -0.2) is 20.4 Å². The van der Waals surface area contributed by atoms with Crippen LogP contribution in [0, 0.1) is 0 Å². The van der Waals surface area contributed by atoms with Gasteiger partial charge in [-0.1, -0.05) is 0 Å². The number of hydrogen-bond acceptors (Lipinski definition) is 4. The number of carbonyl (C=O) groups is 1. The van der Waals surface area contributed by atoms with Gasteiger partial charge in [0.25, 0.3) is 5.91 Å². The highest BCUT2D eigenvalue weighted by Gasteiger charge is 2.08. The fraction of sp³-hybridized carbons (Fsp3) is 0.182. The molecule has 0 saturated carbocycles. The Morgan fingerprint density at radius 1 is 1.47 bits per heavy atom. The number of aromatic nitrogens is 3. The molecule has 0 bridgehead atoms. The maximum Gasteiger partial charge on any atom is 0.252 e. The number of anilines is 1. The Morgan fingerprint density at radius 3 is 2.94 bits per heavy atom. The molecule has 0 radical (unpaired) electrons. The van der Waals surface area contributed by atoms with E-state index in [9.17, 15) is 4.79 Å². The van der Waals surface area contributed by atoms with Crippen LogP contribution in [0.4, 0.5) is 5.82 Å². The molecule has 0 atom stereocenters. The highest BCUT2D eigenvalue weighted by molar-refractivity contribution is 5.97. The maximum absolute atomic E-state index is 11.2. The summed E-state index contributed by atoms with van der Waals surface area (Å²) in [6, 6.07) is 3.31. The predicted octanol–water partition coefficient (Wildman–Crippen LogP) is 0.526. The zero-order chi connectivity index (χ0) is 12.3. The van der Waals surface area contributed by atoms with E-state index in [0.717, 1.165) is 5.82 Å². The molecule has 2 aromatic heterocycles. The molecule has 6 nitrogen and oxygen atoms in total. The molecular weight excluding hydrogens is 218 g/mol. The number of pyridine rings is 1. The lowest BCUT2D eigenvalue weighted by Crippen LogP contribution is -2.16. The largest absolute Gasteiger partial charge is 0.365 e. The molecule has 0 fully saturated rings. The van der Waals surface area contributed by atoms with Crippen LogP contribution in [0.3, 0.4) is 0 Å². The molecule has 0 aliphatic carbocycles. The van der Waals surface area contributed by atoms with Crippen molar-refractivity contribution in [3.05, 3.63) is 42.1 Å². The summed E-state index contributed by atoms with van der Waals surface area (Å²) in [5.74, 6) is 0.828. The predicted molar refractivity (Wildman–Crippen MR) is 63.3 cm³/mol. The van der Waals surface area contributed by atoms with E-state index in [2.05, 4.69) is 15.3 Å². The molecule has 0 aliphatic heterocycles. The number of primary amides is 1. The van der Waals surface area contributed by atoms with Crippen molar-refractivity contribution in [2.24, 2.45) is 12.8 Å². The molecule has 0 spiro atoms. The van der Waals surface area contributed by atoms with Gasteiger partial charge in [-0.3, -0.25) is 4.79 Å². The number of hydrogen-bond donors (Lipinski definition) is 2. The van der Waals surface area contributed by atoms with Crippen molar-refractivity contribution in [2.75, 3.05) is 5.32 Å². The van der Waals surface area contributed by atoms with Gasteiger partial charge in [0.15, 0.2) is 0 Å². The van der Waals surface area contributed by atoms with Gasteiger partial charge in [0.2, 0.25) is 0 Å². The number of rotatable bonds is 4. The van der Waals surface area contributed by atoms with Gasteiger partial charge in [-0.05, 0) is 12.1 Å². The van der Waals surface area contributed by atoms with E-state index in [4.69, 9.17) is 5.73 Å². The first-order valence-electron chi connectivity index (χ1n) is 5.13. The van der Waals surface area contributed by atoms with Gasteiger partial charge in [-0.15, -0.1) is 0 Å².